The summed E-state index contributed by atoms with van der Waals surface area (Å²) in [4.78, 5) is 4.05. The van der Waals surface area contributed by atoms with E-state index in [2.05, 4.69) is 23.6 Å². The van der Waals surface area contributed by atoms with Gasteiger partial charge in [-0.15, -0.1) is 12.4 Å². The minimum absolute atomic E-state index is 0. The summed E-state index contributed by atoms with van der Waals surface area (Å²) >= 11 is 0. The number of hydrogen-bond acceptors (Lipinski definition) is 4. The third-order valence-corrected chi connectivity index (χ3v) is 5.61. The lowest BCUT2D eigenvalue weighted by atomic mass is 9.84. The Kier molecular flexibility index (Phi) is 8.00. The Morgan fingerprint density at radius 3 is 2.57 bits per heavy atom. The number of nitrogens with one attached hydrogen (secondary N) is 1. The molecule has 1 aliphatic rings. The van der Waals surface area contributed by atoms with Gasteiger partial charge in [-0.3, -0.25) is 0 Å². The lowest BCUT2D eigenvalue weighted by Gasteiger charge is -2.29. The summed E-state index contributed by atoms with van der Waals surface area (Å²) in [6, 6.07) is -0.194. The number of imidazole rings is 1. The van der Waals surface area contributed by atoms with Crippen LogP contribution >= 0.6 is 12.4 Å². The van der Waals surface area contributed by atoms with Gasteiger partial charge in [-0.1, -0.05) is 33.1 Å². The van der Waals surface area contributed by atoms with E-state index in [1.165, 1.54) is 6.42 Å². The molecule has 1 aliphatic carbocycles. The highest BCUT2D eigenvalue weighted by molar-refractivity contribution is 7.89. The molecule has 0 spiro atoms. The molecule has 3 N–H and O–H groups in total. The smallest absolute Gasteiger partial charge is 0.259 e. The quantitative estimate of drug-likeness (QED) is 0.775. The second-order valence-corrected chi connectivity index (χ2v) is 8.32. The molecule has 0 saturated heterocycles. The van der Waals surface area contributed by atoms with E-state index in [4.69, 9.17) is 5.73 Å². The van der Waals surface area contributed by atoms with Crippen LogP contribution in [0.25, 0.3) is 0 Å². The highest BCUT2D eigenvalue weighted by Gasteiger charge is 2.28. The van der Waals surface area contributed by atoms with Gasteiger partial charge in [0, 0.05) is 25.3 Å². The van der Waals surface area contributed by atoms with Gasteiger partial charge in [0.1, 0.15) is 0 Å². The summed E-state index contributed by atoms with van der Waals surface area (Å²) in [5, 5.41) is 0.0856. The van der Waals surface area contributed by atoms with Crippen molar-refractivity contribution in [1.29, 1.82) is 0 Å². The number of hydrogen-bond donors (Lipinski definition) is 2. The molecular formula is C15H29ClN4O2S. The van der Waals surface area contributed by atoms with Gasteiger partial charge in [-0.25, -0.2) is 18.1 Å². The third-order valence-electron chi connectivity index (χ3n) is 4.24. The molecule has 1 saturated carbocycles. The molecular weight excluding hydrogens is 336 g/mol. The molecule has 6 nitrogen and oxygen atoms in total. The number of rotatable bonds is 7. The highest BCUT2D eigenvalue weighted by Crippen LogP contribution is 2.26. The summed E-state index contributed by atoms with van der Waals surface area (Å²) in [6.45, 7) is 5.25. The largest absolute Gasteiger partial charge is 0.336 e. The monoisotopic (exact) mass is 364 g/mol. The Morgan fingerprint density at radius 2 is 2.00 bits per heavy atom. The van der Waals surface area contributed by atoms with Crippen molar-refractivity contribution in [3.63, 3.8) is 0 Å². The maximum Gasteiger partial charge on any atom is 0.259 e. The van der Waals surface area contributed by atoms with Crippen LogP contribution in [-0.2, 0) is 16.6 Å². The Bertz CT molecular complexity index is 568. The van der Waals surface area contributed by atoms with Crippen LogP contribution in [0.15, 0.2) is 17.6 Å². The van der Waals surface area contributed by atoms with Crippen molar-refractivity contribution < 1.29 is 8.42 Å². The standard InChI is InChI=1S/C15H28N4O2S.ClH/c1-12(2)9-19-10-15(17-11-19)22(20,21)18-14(8-16)13-6-4-3-5-7-13;/h10-14,18H,3-9,16H2,1-2H3;1H. The maximum atomic E-state index is 12.5. The number of nitrogens with two attached hydrogens (primary N) is 1. The van der Waals surface area contributed by atoms with Crippen LogP contribution in [0.5, 0.6) is 0 Å². The predicted octanol–water partition coefficient (Wildman–Crippen LogP) is 2.15. The fraction of sp³-hybridized carbons (Fsp3) is 0.800. The predicted molar refractivity (Wildman–Crippen MR) is 94.1 cm³/mol. The fourth-order valence-corrected chi connectivity index (χ4v) is 4.40. The molecule has 0 bridgehead atoms. The molecule has 1 aromatic rings. The first-order chi connectivity index (χ1) is 10.4. The number of halogens is 1. The Hall–Kier alpha value is -0.630. The minimum atomic E-state index is -3.60. The van der Waals surface area contributed by atoms with Crippen molar-refractivity contribution in [2.24, 2.45) is 17.6 Å². The number of nitrogens with zero attached hydrogens (tertiary/aromatic N) is 2. The lowest BCUT2D eigenvalue weighted by Crippen LogP contribution is -2.45. The maximum absolute atomic E-state index is 12.5. The molecule has 1 unspecified atom stereocenters. The van der Waals surface area contributed by atoms with E-state index < -0.39 is 10.0 Å². The van der Waals surface area contributed by atoms with Crippen LogP contribution < -0.4 is 10.5 Å². The molecule has 0 amide bonds. The van der Waals surface area contributed by atoms with E-state index in [0.29, 0.717) is 18.4 Å². The molecule has 2 rings (SSSR count). The second kappa shape index (κ2) is 9.01. The average Bonchev–Trinajstić information content (AvgIpc) is 2.94. The SMILES string of the molecule is CC(C)Cn1cnc(S(=O)(=O)NC(CN)C2CCCCC2)c1.Cl. The molecule has 1 heterocycles. The van der Waals surface area contributed by atoms with Crippen LogP contribution in [-0.4, -0.2) is 30.6 Å². The van der Waals surface area contributed by atoms with Crippen molar-refractivity contribution >= 4 is 22.4 Å². The van der Waals surface area contributed by atoms with Gasteiger partial charge in [-0.2, -0.15) is 0 Å². The summed E-state index contributed by atoms with van der Waals surface area (Å²) in [5.41, 5.74) is 5.81. The first-order valence-corrected chi connectivity index (χ1v) is 9.65. The van der Waals surface area contributed by atoms with Crippen LogP contribution in [0.4, 0.5) is 0 Å². The molecule has 134 valence electrons. The number of aromatic nitrogens is 2. The Morgan fingerprint density at radius 1 is 1.35 bits per heavy atom. The number of sulfonamides is 1. The second-order valence-electron chi connectivity index (χ2n) is 6.66. The van der Waals surface area contributed by atoms with Crippen molar-refractivity contribution in [2.75, 3.05) is 6.54 Å². The summed E-state index contributed by atoms with van der Waals surface area (Å²) in [5.74, 6) is 0.781. The van der Waals surface area contributed by atoms with E-state index in [9.17, 15) is 8.42 Å². The van der Waals surface area contributed by atoms with Crippen LogP contribution in [0, 0.1) is 11.8 Å². The topological polar surface area (TPSA) is 90.0 Å². The third kappa shape index (κ3) is 5.74. The van der Waals surface area contributed by atoms with Crippen LogP contribution in [0.2, 0.25) is 0 Å². The van der Waals surface area contributed by atoms with Gasteiger partial charge in [0.05, 0.1) is 6.33 Å². The Labute approximate surface area is 145 Å². The minimum Gasteiger partial charge on any atom is -0.336 e. The van der Waals surface area contributed by atoms with Gasteiger partial charge >= 0.3 is 0 Å². The first kappa shape index (κ1) is 20.4. The van der Waals surface area contributed by atoms with E-state index in [1.807, 2.05) is 4.57 Å². The summed E-state index contributed by atoms with van der Waals surface area (Å²) in [6.07, 6.45) is 8.82. The van der Waals surface area contributed by atoms with E-state index in [-0.39, 0.29) is 23.5 Å². The fourth-order valence-electron chi connectivity index (χ4n) is 3.13. The van der Waals surface area contributed by atoms with Crippen LogP contribution in [0.3, 0.4) is 0 Å². The van der Waals surface area contributed by atoms with E-state index >= 15 is 0 Å². The van der Waals surface area contributed by atoms with Gasteiger partial charge in [0.15, 0.2) is 5.03 Å². The van der Waals surface area contributed by atoms with Gasteiger partial charge in [0.2, 0.25) is 0 Å². The molecule has 1 aromatic heterocycles. The van der Waals surface area contributed by atoms with Crippen molar-refractivity contribution in [1.82, 2.24) is 14.3 Å². The highest BCUT2D eigenvalue weighted by atomic mass is 35.5. The summed E-state index contributed by atoms with van der Waals surface area (Å²) < 4.78 is 29.6. The van der Waals surface area contributed by atoms with Gasteiger partial charge in [0.25, 0.3) is 10.0 Å². The molecule has 1 atom stereocenters. The Balaban J connectivity index is 0.00000264. The molecule has 0 aromatic carbocycles. The van der Waals surface area contributed by atoms with Crippen molar-refractivity contribution in [3.8, 4) is 0 Å². The van der Waals surface area contributed by atoms with Crippen LogP contribution in [0.1, 0.15) is 46.0 Å². The van der Waals surface area contributed by atoms with Crippen molar-refractivity contribution in [3.05, 3.63) is 12.5 Å². The normalized spacial score (nSPS) is 17.9. The molecule has 23 heavy (non-hydrogen) atoms. The first-order valence-electron chi connectivity index (χ1n) is 8.16. The molecule has 0 aliphatic heterocycles. The van der Waals surface area contributed by atoms with Gasteiger partial charge < -0.3 is 10.3 Å². The van der Waals surface area contributed by atoms with Crippen molar-refractivity contribution in [2.45, 2.75) is 63.6 Å². The lowest BCUT2D eigenvalue weighted by molar-refractivity contribution is 0.294. The zero-order valence-electron chi connectivity index (χ0n) is 13.9. The van der Waals surface area contributed by atoms with E-state index in [1.54, 1.807) is 12.5 Å². The average molecular weight is 365 g/mol. The molecule has 8 heteroatoms. The van der Waals surface area contributed by atoms with Gasteiger partial charge in [-0.05, 0) is 24.7 Å². The summed E-state index contributed by atoms with van der Waals surface area (Å²) in [7, 11) is -3.60. The van der Waals surface area contributed by atoms with E-state index in [0.717, 1.165) is 32.2 Å². The zero-order valence-corrected chi connectivity index (χ0v) is 15.6. The molecule has 1 fully saturated rings. The molecule has 0 radical (unpaired) electrons. The zero-order chi connectivity index (χ0) is 16.2.